The highest BCUT2D eigenvalue weighted by Crippen LogP contribution is 2.29. The number of hydrogen-bond acceptors (Lipinski definition) is 1. The van der Waals surface area contributed by atoms with Crippen molar-refractivity contribution >= 4 is 22.6 Å². The topological polar surface area (TPSA) is 9.23 Å². The number of alkyl halides is 4. The van der Waals surface area contributed by atoms with Crippen molar-refractivity contribution in [1.82, 2.24) is 0 Å². The third-order valence-electron chi connectivity index (χ3n) is 1.83. The molecule has 0 aliphatic heterocycles. The molecule has 0 N–H and O–H groups in total. The third-order valence-corrected chi connectivity index (χ3v) is 3.26. The molecule has 0 saturated heterocycles. The SMILES string of the molecule is FC(F)(F)COC1CCCC1I. The van der Waals surface area contributed by atoms with Crippen LogP contribution in [0.2, 0.25) is 0 Å². The van der Waals surface area contributed by atoms with Gasteiger partial charge < -0.3 is 4.74 Å². The fourth-order valence-corrected chi connectivity index (χ4v) is 2.28. The van der Waals surface area contributed by atoms with Crippen molar-refractivity contribution in [3.63, 3.8) is 0 Å². The molecule has 0 bridgehead atoms. The maximum atomic E-state index is 11.7. The Morgan fingerprint density at radius 1 is 1.33 bits per heavy atom. The molecule has 1 aliphatic rings. The second-order valence-corrected chi connectivity index (χ2v) is 4.51. The van der Waals surface area contributed by atoms with E-state index in [4.69, 9.17) is 4.74 Å². The van der Waals surface area contributed by atoms with Gasteiger partial charge in [-0.1, -0.05) is 22.6 Å². The number of ether oxygens (including phenoxy) is 1. The minimum atomic E-state index is -4.18. The van der Waals surface area contributed by atoms with Crippen LogP contribution in [0.3, 0.4) is 0 Å². The van der Waals surface area contributed by atoms with Gasteiger partial charge in [-0.3, -0.25) is 0 Å². The van der Waals surface area contributed by atoms with Crippen molar-refractivity contribution in [1.29, 1.82) is 0 Å². The van der Waals surface area contributed by atoms with Crippen LogP contribution in [0.25, 0.3) is 0 Å². The standard InChI is InChI=1S/C7H10F3IO/c8-7(9,10)4-12-6-3-1-2-5(6)11/h5-6H,1-4H2. The molecule has 1 fully saturated rings. The minimum absolute atomic E-state index is 0.188. The fraction of sp³-hybridized carbons (Fsp3) is 1.00. The van der Waals surface area contributed by atoms with Gasteiger partial charge in [0.05, 0.1) is 6.10 Å². The molecule has 0 aromatic rings. The Morgan fingerprint density at radius 2 is 2.00 bits per heavy atom. The van der Waals surface area contributed by atoms with Gasteiger partial charge in [0.25, 0.3) is 0 Å². The van der Waals surface area contributed by atoms with Gasteiger partial charge in [0.2, 0.25) is 0 Å². The van der Waals surface area contributed by atoms with Crippen LogP contribution in [0.5, 0.6) is 0 Å². The molecule has 2 unspecified atom stereocenters. The molecular weight excluding hydrogens is 284 g/mol. The quantitative estimate of drug-likeness (QED) is 0.562. The molecule has 1 aliphatic carbocycles. The number of halogens is 4. The largest absolute Gasteiger partial charge is 0.411 e. The molecule has 1 saturated carbocycles. The van der Waals surface area contributed by atoms with Crippen LogP contribution < -0.4 is 0 Å². The molecule has 0 heterocycles. The zero-order valence-electron chi connectivity index (χ0n) is 6.40. The second-order valence-electron chi connectivity index (χ2n) is 2.91. The Labute approximate surface area is 82.8 Å². The molecule has 0 aromatic carbocycles. The predicted molar refractivity (Wildman–Crippen MR) is 47.5 cm³/mol. The molecule has 72 valence electrons. The van der Waals surface area contributed by atoms with Crippen molar-refractivity contribution in [3.05, 3.63) is 0 Å². The summed E-state index contributed by atoms with van der Waals surface area (Å²) in [6.45, 7) is -1.10. The summed E-state index contributed by atoms with van der Waals surface area (Å²) >= 11 is 2.15. The van der Waals surface area contributed by atoms with Crippen LogP contribution in [0.1, 0.15) is 19.3 Å². The Bertz CT molecular complexity index is 148. The summed E-state index contributed by atoms with van der Waals surface area (Å²) in [5, 5.41) is 0. The normalized spacial score (nSPS) is 31.0. The molecule has 0 amide bonds. The number of rotatable bonds is 2. The molecule has 0 aromatic heterocycles. The summed E-state index contributed by atoms with van der Waals surface area (Å²) in [7, 11) is 0. The van der Waals surface area contributed by atoms with Crippen LogP contribution in [-0.2, 0) is 4.74 Å². The zero-order chi connectivity index (χ0) is 9.19. The van der Waals surface area contributed by atoms with E-state index in [0.29, 0.717) is 0 Å². The zero-order valence-corrected chi connectivity index (χ0v) is 8.56. The first kappa shape index (κ1) is 10.6. The van der Waals surface area contributed by atoms with Crippen LogP contribution in [-0.4, -0.2) is 22.8 Å². The monoisotopic (exact) mass is 294 g/mol. The van der Waals surface area contributed by atoms with Gasteiger partial charge in [-0.15, -0.1) is 0 Å². The van der Waals surface area contributed by atoms with Crippen LogP contribution in [0.15, 0.2) is 0 Å². The molecule has 5 heteroatoms. The molecule has 2 atom stereocenters. The van der Waals surface area contributed by atoms with E-state index < -0.39 is 12.8 Å². The van der Waals surface area contributed by atoms with Crippen LogP contribution >= 0.6 is 22.6 Å². The molecule has 1 rings (SSSR count). The lowest BCUT2D eigenvalue weighted by atomic mass is 10.3. The summed E-state index contributed by atoms with van der Waals surface area (Å²) in [4.78, 5) is 0. The Kier molecular flexibility index (Phi) is 3.63. The molecule has 0 spiro atoms. The summed E-state index contributed by atoms with van der Waals surface area (Å²) in [6, 6.07) is 0. The lowest BCUT2D eigenvalue weighted by Gasteiger charge is -2.16. The highest BCUT2D eigenvalue weighted by Gasteiger charge is 2.32. The van der Waals surface area contributed by atoms with Crippen molar-refractivity contribution in [2.24, 2.45) is 0 Å². The summed E-state index contributed by atoms with van der Waals surface area (Å²) in [5.41, 5.74) is 0. The molecule has 12 heavy (non-hydrogen) atoms. The van der Waals surface area contributed by atoms with Crippen molar-refractivity contribution in [2.75, 3.05) is 6.61 Å². The Hall–Kier alpha value is 0.480. The highest BCUT2D eigenvalue weighted by molar-refractivity contribution is 14.1. The Balaban J connectivity index is 2.23. The van der Waals surface area contributed by atoms with E-state index in [0.717, 1.165) is 19.3 Å². The highest BCUT2D eigenvalue weighted by atomic mass is 127. The number of hydrogen-bond donors (Lipinski definition) is 0. The summed E-state index contributed by atoms with van der Waals surface area (Å²) < 4.78 is 40.1. The predicted octanol–water partition coefficient (Wildman–Crippen LogP) is 2.92. The van der Waals surface area contributed by atoms with Gasteiger partial charge in [-0.05, 0) is 19.3 Å². The van der Waals surface area contributed by atoms with E-state index in [1.165, 1.54) is 0 Å². The minimum Gasteiger partial charge on any atom is -0.368 e. The first-order valence-electron chi connectivity index (χ1n) is 3.81. The molecule has 0 radical (unpaired) electrons. The van der Waals surface area contributed by atoms with E-state index in [2.05, 4.69) is 22.6 Å². The summed E-state index contributed by atoms with van der Waals surface area (Å²) in [5.74, 6) is 0. The van der Waals surface area contributed by atoms with Crippen LogP contribution in [0, 0.1) is 0 Å². The van der Waals surface area contributed by atoms with Gasteiger partial charge in [-0.25, -0.2) is 0 Å². The van der Waals surface area contributed by atoms with Gasteiger partial charge in [0.1, 0.15) is 6.61 Å². The van der Waals surface area contributed by atoms with Gasteiger partial charge in [0.15, 0.2) is 0 Å². The molecule has 1 nitrogen and oxygen atoms in total. The van der Waals surface area contributed by atoms with E-state index in [9.17, 15) is 13.2 Å². The van der Waals surface area contributed by atoms with Crippen LogP contribution in [0.4, 0.5) is 13.2 Å². The van der Waals surface area contributed by atoms with E-state index in [1.54, 1.807) is 0 Å². The lowest BCUT2D eigenvalue weighted by Crippen LogP contribution is -2.25. The van der Waals surface area contributed by atoms with Crippen molar-refractivity contribution in [2.45, 2.75) is 35.5 Å². The third kappa shape index (κ3) is 3.47. The van der Waals surface area contributed by atoms with E-state index in [-0.39, 0.29) is 10.0 Å². The van der Waals surface area contributed by atoms with Gasteiger partial charge in [-0.2, -0.15) is 13.2 Å². The average Bonchev–Trinajstić information content (AvgIpc) is 2.29. The maximum absolute atomic E-state index is 11.7. The van der Waals surface area contributed by atoms with Crippen molar-refractivity contribution < 1.29 is 17.9 Å². The summed E-state index contributed by atoms with van der Waals surface area (Å²) in [6.07, 6.45) is -1.64. The smallest absolute Gasteiger partial charge is 0.368 e. The fourth-order valence-electron chi connectivity index (χ4n) is 1.27. The molecular formula is C7H10F3IO. The van der Waals surface area contributed by atoms with Gasteiger partial charge in [0, 0.05) is 3.92 Å². The second kappa shape index (κ2) is 4.13. The van der Waals surface area contributed by atoms with E-state index >= 15 is 0 Å². The average molecular weight is 294 g/mol. The van der Waals surface area contributed by atoms with Gasteiger partial charge >= 0.3 is 6.18 Å². The Morgan fingerprint density at radius 3 is 2.42 bits per heavy atom. The lowest BCUT2D eigenvalue weighted by molar-refractivity contribution is -0.183. The first-order valence-corrected chi connectivity index (χ1v) is 5.06. The van der Waals surface area contributed by atoms with E-state index in [1.807, 2.05) is 0 Å². The van der Waals surface area contributed by atoms with Crippen molar-refractivity contribution in [3.8, 4) is 0 Å². The first-order chi connectivity index (χ1) is 5.49. The maximum Gasteiger partial charge on any atom is 0.411 e.